The van der Waals surface area contributed by atoms with Gasteiger partial charge in [0.2, 0.25) is 0 Å². The van der Waals surface area contributed by atoms with E-state index in [0.717, 1.165) is 18.4 Å². The molecule has 1 fully saturated rings. The Morgan fingerprint density at radius 3 is 2.73 bits per heavy atom. The number of carboxylic acid groups (broad SMARTS) is 1. The maximum absolute atomic E-state index is 12.4. The van der Waals surface area contributed by atoms with E-state index in [0.29, 0.717) is 12.1 Å². The fraction of sp³-hybridized carbons (Fsp3) is 0.467. The van der Waals surface area contributed by atoms with Crippen LogP contribution in [0.5, 0.6) is 5.75 Å². The number of halogens is 2. The van der Waals surface area contributed by atoms with E-state index in [4.69, 9.17) is 5.11 Å². The van der Waals surface area contributed by atoms with Crippen LogP contribution in [0.4, 0.5) is 8.78 Å². The Balaban J connectivity index is 1.89. The van der Waals surface area contributed by atoms with Gasteiger partial charge in [-0.15, -0.1) is 0 Å². The zero-order valence-electron chi connectivity index (χ0n) is 11.7. The van der Waals surface area contributed by atoms with Crippen molar-refractivity contribution in [3.05, 3.63) is 29.3 Å². The predicted molar refractivity (Wildman–Crippen MR) is 72.1 cm³/mol. The van der Waals surface area contributed by atoms with Crippen molar-refractivity contribution >= 4 is 11.9 Å². The van der Waals surface area contributed by atoms with Gasteiger partial charge in [-0.2, -0.15) is 8.78 Å². The molecule has 1 aromatic rings. The van der Waals surface area contributed by atoms with E-state index in [-0.39, 0.29) is 30.0 Å². The van der Waals surface area contributed by atoms with Gasteiger partial charge in [0, 0.05) is 24.1 Å². The van der Waals surface area contributed by atoms with Crippen molar-refractivity contribution in [1.29, 1.82) is 0 Å². The summed E-state index contributed by atoms with van der Waals surface area (Å²) >= 11 is 0. The van der Waals surface area contributed by atoms with E-state index in [1.807, 2.05) is 0 Å². The summed E-state index contributed by atoms with van der Waals surface area (Å²) in [6, 6.07) is 4.35. The second-order valence-corrected chi connectivity index (χ2v) is 5.74. The molecular formula is C15H15F2NO4. The fourth-order valence-electron chi connectivity index (χ4n) is 3.01. The molecular weight excluding hydrogens is 296 g/mol. The molecule has 1 amide bonds. The lowest BCUT2D eigenvalue weighted by atomic mass is 9.86. The number of hydrogen-bond donors (Lipinski definition) is 1. The maximum atomic E-state index is 12.4. The number of carbonyl (C=O) groups excluding carboxylic acids is 1. The smallest absolute Gasteiger partial charge is 0.387 e. The summed E-state index contributed by atoms with van der Waals surface area (Å²) in [7, 11) is 0. The maximum Gasteiger partial charge on any atom is 0.387 e. The Morgan fingerprint density at radius 2 is 2.14 bits per heavy atom. The number of amides is 1. The van der Waals surface area contributed by atoms with Gasteiger partial charge in [0.25, 0.3) is 5.91 Å². The van der Waals surface area contributed by atoms with Crippen LogP contribution in [0, 0.1) is 0 Å². The minimum absolute atomic E-state index is 0.0480. The highest BCUT2D eigenvalue weighted by molar-refractivity contribution is 5.98. The highest BCUT2D eigenvalue weighted by atomic mass is 19.3. The second-order valence-electron chi connectivity index (χ2n) is 5.74. The molecule has 1 spiro atoms. The van der Waals surface area contributed by atoms with Gasteiger partial charge in [0.05, 0.1) is 6.42 Å². The first-order valence-corrected chi connectivity index (χ1v) is 7.02. The van der Waals surface area contributed by atoms with Gasteiger partial charge in [0.15, 0.2) is 0 Å². The van der Waals surface area contributed by atoms with Crippen molar-refractivity contribution in [3.8, 4) is 5.75 Å². The van der Waals surface area contributed by atoms with E-state index in [2.05, 4.69) is 4.74 Å². The van der Waals surface area contributed by atoms with E-state index < -0.39 is 12.6 Å². The molecule has 1 saturated carbocycles. The molecule has 1 aromatic carbocycles. The Bertz CT molecular complexity index is 628. The molecule has 1 aliphatic carbocycles. The third-order valence-corrected chi connectivity index (χ3v) is 4.25. The summed E-state index contributed by atoms with van der Waals surface area (Å²) in [5.74, 6) is -1.16. The minimum Gasteiger partial charge on any atom is -0.481 e. The second kappa shape index (κ2) is 5.23. The third kappa shape index (κ3) is 2.63. The van der Waals surface area contributed by atoms with Gasteiger partial charge >= 0.3 is 12.6 Å². The molecule has 3 rings (SSSR count). The molecule has 0 radical (unpaired) electrons. The van der Waals surface area contributed by atoms with Crippen molar-refractivity contribution in [1.82, 2.24) is 4.90 Å². The van der Waals surface area contributed by atoms with E-state index in [1.54, 1.807) is 0 Å². The van der Waals surface area contributed by atoms with E-state index >= 15 is 0 Å². The number of nitrogens with zero attached hydrogens (tertiary/aromatic N) is 1. The van der Waals surface area contributed by atoms with Gasteiger partial charge in [-0.1, -0.05) is 0 Å². The van der Waals surface area contributed by atoms with Crippen molar-refractivity contribution in [2.24, 2.45) is 0 Å². The van der Waals surface area contributed by atoms with Crippen molar-refractivity contribution in [2.75, 3.05) is 13.1 Å². The summed E-state index contributed by atoms with van der Waals surface area (Å²) in [4.78, 5) is 24.7. The lowest BCUT2D eigenvalue weighted by Crippen LogP contribution is -2.44. The number of alkyl halides is 2. The number of fused-ring (bicyclic) bond motifs is 2. The van der Waals surface area contributed by atoms with Crippen LogP contribution < -0.4 is 4.74 Å². The van der Waals surface area contributed by atoms with Crippen LogP contribution in [0.2, 0.25) is 0 Å². The SMILES string of the molecule is O=C(O)CCN1CC2(CC2)c2cc(OC(F)F)ccc2C1=O. The lowest BCUT2D eigenvalue weighted by molar-refractivity contribution is -0.137. The molecule has 2 aliphatic rings. The van der Waals surface area contributed by atoms with Gasteiger partial charge < -0.3 is 14.7 Å². The number of benzene rings is 1. The van der Waals surface area contributed by atoms with Crippen LogP contribution in [0.3, 0.4) is 0 Å². The molecule has 0 unspecified atom stereocenters. The van der Waals surface area contributed by atoms with Gasteiger partial charge in [-0.3, -0.25) is 9.59 Å². The molecule has 1 N–H and O–H groups in total. The van der Waals surface area contributed by atoms with Crippen LogP contribution in [-0.4, -0.2) is 41.6 Å². The van der Waals surface area contributed by atoms with Gasteiger partial charge in [-0.05, 0) is 36.6 Å². The average molecular weight is 311 g/mol. The first-order chi connectivity index (χ1) is 10.4. The number of rotatable bonds is 5. The summed E-state index contributed by atoms with van der Waals surface area (Å²) in [6.45, 7) is -2.31. The fourth-order valence-corrected chi connectivity index (χ4v) is 3.01. The first-order valence-electron chi connectivity index (χ1n) is 7.02. The Hall–Kier alpha value is -2.18. The Kier molecular flexibility index (Phi) is 3.50. The molecule has 118 valence electrons. The number of hydrogen-bond acceptors (Lipinski definition) is 3. The van der Waals surface area contributed by atoms with Crippen molar-refractivity contribution in [3.63, 3.8) is 0 Å². The molecule has 5 nitrogen and oxygen atoms in total. The minimum atomic E-state index is -2.90. The summed E-state index contributed by atoms with van der Waals surface area (Å²) in [5, 5.41) is 8.77. The van der Waals surface area contributed by atoms with Crippen LogP contribution in [0.25, 0.3) is 0 Å². The largest absolute Gasteiger partial charge is 0.481 e. The summed E-state index contributed by atoms with van der Waals surface area (Å²) in [6.07, 6.45) is 1.60. The monoisotopic (exact) mass is 311 g/mol. The van der Waals surface area contributed by atoms with Crippen molar-refractivity contribution < 1.29 is 28.2 Å². The van der Waals surface area contributed by atoms with E-state index in [1.165, 1.54) is 23.1 Å². The molecule has 0 aromatic heterocycles. The lowest BCUT2D eigenvalue weighted by Gasteiger charge is -2.34. The molecule has 7 heteroatoms. The zero-order chi connectivity index (χ0) is 15.9. The first kappa shape index (κ1) is 14.7. The van der Waals surface area contributed by atoms with Crippen LogP contribution in [-0.2, 0) is 10.2 Å². The zero-order valence-corrected chi connectivity index (χ0v) is 11.7. The molecule has 0 bridgehead atoms. The molecule has 1 heterocycles. The molecule has 22 heavy (non-hydrogen) atoms. The summed E-state index contributed by atoms with van der Waals surface area (Å²) < 4.78 is 29.1. The molecule has 0 atom stereocenters. The topological polar surface area (TPSA) is 66.8 Å². The quantitative estimate of drug-likeness (QED) is 0.905. The molecule has 1 aliphatic heterocycles. The standard InChI is InChI=1S/C15H15F2NO4/c16-14(17)22-9-1-2-10-11(7-9)15(4-5-15)8-18(13(10)21)6-3-12(19)20/h1-2,7,14H,3-6,8H2,(H,19,20). The third-order valence-electron chi connectivity index (χ3n) is 4.25. The predicted octanol–water partition coefficient (Wildman–Crippen LogP) is 2.25. The van der Waals surface area contributed by atoms with Crippen molar-refractivity contribution in [2.45, 2.75) is 31.3 Å². The number of carbonyl (C=O) groups is 2. The van der Waals surface area contributed by atoms with Crippen LogP contribution >= 0.6 is 0 Å². The number of carboxylic acids is 1. The average Bonchev–Trinajstić information content (AvgIpc) is 3.21. The normalized spacial score (nSPS) is 18.5. The number of aliphatic carboxylic acids is 1. The Labute approximate surface area is 125 Å². The highest BCUT2D eigenvalue weighted by Crippen LogP contribution is 2.53. The summed E-state index contributed by atoms with van der Waals surface area (Å²) in [5.41, 5.74) is 0.960. The highest BCUT2D eigenvalue weighted by Gasteiger charge is 2.51. The van der Waals surface area contributed by atoms with Crippen LogP contribution in [0.15, 0.2) is 18.2 Å². The van der Waals surface area contributed by atoms with E-state index in [9.17, 15) is 18.4 Å². The number of ether oxygens (including phenoxy) is 1. The Morgan fingerprint density at radius 1 is 1.41 bits per heavy atom. The van der Waals surface area contributed by atoms with Gasteiger partial charge in [-0.25, -0.2) is 0 Å². The van der Waals surface area contributed by atoms with Gasteiger partial charge in [0.1, 0.15) is 5.75 Å². The van der Waals surface area contributed by atoms with Crippen LogP contribution in [0.1, 0.15) is 35.2 Å². The molecule has 0 saturated heterocycles.